The van der Waals surface area contributed by atoms with Gasteiger partial charge < -0.3 is 5.11 Å². The van der Waals surface area contributed by atoms with Crippen LogP contribution in [-0.4, -0.2) is 17.0 Å². The molecule has 0 radical (unpaired) electrons. The normalized spacial score (nSPS) is 27.5. The van der Waals surface area contributed by atoms with E-state index >= 15 is 0 Å². The fourth-order valence-corrected chi connectivity index (χ4v) is 1.72. The third kappa shape index (κ3) is 2.07. The smallest absolute Gasteiger partial charge is 0.162 e. The van der Waals surface area contributed by atoms with Crippen molar-refractivity contribution in [2.75, 3.05) is 0 Å². The Hall–Kier alpha value is -0.890. The molecule has 1 N–H and O–H groups in total. The average Bonchev–Trinajstić information content (AvgIpc) is 2.34. The van der Waals surface area contributed by atoms with E-state index in [-0.39, 0.29) is 11.7 Å². The Bertz CT molecular complexity index is 240. The molecule has 1 rings (SSSR count). The molecular weight excluding hydrogens is 164 g/mol. The Morgan fingerprint density at radius 3 is 2.92 bits per heavy atom. The summed E-state index contributed by atoms with van der Waals surface area (Å²) in [6.45, 7) is 5.62. The number of carbonyl (C=O) groups excluding carboxylic acids is 1. The molecule has 1 aliphatic carbocycles. The van der Waals surface area contributed by atoms with Gasteiger partial charge in [-0.2, -0.15) is 0 Å². The highest BCUT2D eigenvalue weighted by Gasteiger charge is 2.32. The first kappa shape index (κ1) is 10.2. The van der Waals surface area contributed by atoms with Gasteiger partial charge in [0.2, 0.25) is 0 Å². The molecule has 0 aliphatic heterocycles. The SMILES string of the molecule is C=CC[C@H]1C(=O)C=C(CCC)[C@@H]1O. The van der Waals surface area contributed by atoms with E-state index in [2.05, 4.69) is 6.58 Å². The fourth-order valence-electron chi connectivity index (χ4n) is 1.72. The number of rotatable bonds is 4. The zero-order chi connectivity index (χ0) is 9.84. The lowest BCUT2D eigenvalue weighted by atomic mass is 9.96. The summed E-state index contributed by atoms with van der Waals surface area (Å²) in [6.07, 6.45) is 5.09. The monoisotopic (exact) mass is 180 g/mol. The molecule has 0 aromatic rings. The van der Waals surface area contributed by atoms with Crippen molar-refractivity contribution < 1.29 is 9.90 Å². The minimum Gasteiger partial charge on any atom is -0.388 e. The average molecular weight is 180 g/mol. The first-order chi connectivity index (χ1) is 6.20. The summed E-state index contributed by atoms with van der Waals surface area (Å²) in [5.74, 6) is -0.213. The highest BCUT2D eigenvalue weighted by Crippen LogP contribution is 2.28. The molecule has 2 atom stereocenters. The van der Waals surface area contributed by atoms with Crippen LogP contribution in [0.3, 0.4) is 0 Å². The van der Waals surface area contributed by atoms with Crippen molar-refractivity contribution in [3.05, 3.63) is 24.3 Å². The number of ketones is 1. The predicted octanol–water partition coefficient (Wildman–Crippen LogP) is 1.85. The molecule has 0 aromatic carbocycles. The van der Waals surface area contributed by atoms with E-state index in [4.69, 9.17) is 0 Å². The Morgan fingerprint density at radius 1 is 1.69 bits per heavy atom. The van der Waals surface area contributed by atoms with Crippen LogP contribution in [0.25, 0.3) is 0 Å². The molecule has 1 aliphatic rings. The molecular formula is C11H16O2. The zero-order valence-corrected chi connectivity index (χ0v) is 7.99. The summed E-state index contributed by atoms with van der Waals surface area (Å²) < 4.78 is 0. The van der Waals surface area contributed by atoms with Gasteiger partial charge in [-0.05, 0) is 24.5 Å². The Kier molecular flexibility index (Phi) is 3.43. The third-order valence-corrected chi connectivity index (χ3v) is 2.41. The molecule has 0 bridgehead atoms. The quantitative estimate of drug-likeness (QED) is 0.670. The van der Waals surface area contributed by atoms with Crippen LogP contribution in [0, 0.1) is 5.92 Å². The second-order valence-electron chi connectivity index (χ2n) is 3.45. The van der Waals surface area contributed by atoms with Crippen LogP contribution in [0.5, 0.6) is 0 Å². The van der Waals surface area contributed by atoms with Gasteiger partial charge in [0.1, 0.15) is 0 Å². The van der Waals surface area contributed by atoms with Gasteiger partial charge in [0.25, 0.3) is 0 Å². The van der Waals surface area contributed by atoms with Crippen molar-refractivity contribution in [2.45, 2.75) is 32.3 Å². The molecule has 0 amide bonds. The van der Waals surface area contributed by atoms with Crippen molar-refractivity contribution >= 4 is 5.78 Å². The maximum Gasteiger partial charge on any atom is 0.162 e. The molecule has 0 aromatic heterocycles. The maximum absolute atomic E-state index is 11.4. The van der Waals surface area contributed by atoms with Gasteiger partial charge in [0.05, 0.1) is 12.0 Å². The molecule has 0 saturated carbocycles. The van der Waals surface area contributed by atoms with Crippen LogP contribution in [0.1, 0.15) is 26.2 Å². The Balaban J connectivity index is 2.67. The molecule has 13 heavy (non-hydrogen) atoms. The van der Waals surface area contributed by atoms with Crippen molar-refractivity contribution in [1.82, 2.24) is 0 Å². The lowest BCUT2D eigenvalue weighted by molar-refractivity contribution is -0.119. The first-order valence-corrected chi connectivity index (χ1v) is 4.74. The van der Waals surface area contributed by atoms with Crippen molar-refractivity contribution in [1.29, 1.82) is 0 Å². The van der Waals surface area contributed by atoms with E-state index in [1.54, 1.807) is 12.2 Å². The van der Waals surface area contributed by atoms with Crippen LogP contribution in [-0.2, 0) is 4.79 Å². The Labute approximate surface area is 79.0 Å². The summed E-state index contributed by atoms with van der Waals surface area (Å²) >= 11 is 0. The second-order valence-corrected chi connectivity index (χ2v) is 3.45. The van der Waals surface area contributed by atoms with Gasteiger partial charge in [-0.3, -0.25) is 4.79 Å². The van der Waals surface area contributed by atoms with Crippen LogP contribution in [0.2, 0.25) is 0 Å². The molecule has 0 saturated heterocycles. The summed E-state index contributed by atoms with van der Waals surface area (Å²) in [4.78, 5) is 11.4. The summed E-state index contributed by atoms with van der Waals surface area (Å²) in [7, 11) is 0. The van der Waals surface area contributed by atoms with Crippen LogP contribution in [0.4, 0.5) is 0 Å². The van der Waals surface area contributed by atoms with E-state index < -0.39 is 6.10 Å². The molecule has 72 valence electrons. The van der Waals surface area contributed by atoms with Crippen LogP contribution < -0.4 is 0 Å². The van der Waals surface area contributed by atoms with Gasteiger partial charge in [0, 0.05) is 0 Å². The number of allylic oxidation sites excluding steroid dienone is 2. The van der Waals surface area contributed by atoms with Crippen LogP contribution in [0.15, 0.2) is 24.3 Å². The van der Waals surface area contributed by atoms with E-state index in [0.29, 0.717) is 6.42 Å². The van der Waals surface area contributed by atoms with Gasteiger partial charge in [-0.25, -0.2) is 0 Å². The summed E-state index contributed by atoms with van der Waals surface area (Å²) in [5.41, 5.74) is 0.888. The standard InChI is InChI=1S/C11H16O2/c1-3-5-8-7-10(12)9(6-4-2)11(8)13/h4,7,9,11,13H,2-3,5-6H2,1H3/t9-,11-/m0/s1. The summed E-state index contributed by atoms with van der Waals surface area (Å²) in [6, 6.07) is 0. The molecule has 0 fully saturated rings. The maximum atomic E-state index is 11.4. The lowest BCUT2D eigenvalue weighted by Gasteiger charge is -2.14. The number of carbonyl (C=O) groups is 1. The van der Waals surface area contributed by atoms with Crippen LogP contribution >= 0.6 is 0 Å². The lowest BCUT2D eigenvalue weighted by Crippen LogP contribution is -2.21. The molecule has 2 heteroatoms. The minimum absolute atomic E-state index is 0.0517. The highest BCUT2D eigenvalue weighted by atomic mass is 16.3. The fraction of sp³-hybridized carbons (Fsp3) is 0.545. The second kappa shape index (κ2) is 4.38. The topological polar surface area (TPSA) is 37.3 Å². The molecule has 0 spiro atoms. The van der Waals surface area contributed by atoms with Gasteiger partial charge in [-0.1, -0.05) is 19.4 Å². The van der Waals surface area contributed by atoms with E-state index in [1.165, 1.54) is 0 Å². The Morgan fingerprint density at radius 2 is 2.38 bits per heavy atom. The van der Waals surface area contributed by atoms with Gasteiger partial charge >= 0.3 is 0 Å². The number of hydrogen-bond donors (Lipinski definition) is 1. The number of aliphatic hydroxyl groups excluding tert-OH is 1. The third-order valence-electron chi connectivity index (χ3n) is 2.41. The number of hydrogen-bond acceptors (Lipinski definition) is 2. The van der Waals surface area contributed by atoms with Crippen molar-refractivity contribution in [3.8, 4) is 0 Å². The summed E-state index contributed by atoms with van der Waals surface area (Å²) in [5, 5.41) is 9.74. The zero-order valence-electron chi connectivity index (χ0n) is 7.99. The molecule has 0 unspecified atom stereocenters. The van der Waals surface area contributed by atoms with Gasteiger partial charge in [-0.15, -0.1) is 6.58 Å². The predicted molar refractivity (Wildman–Crippen MR) is 52.3 cm³/mol. The van der Waals surface area contributed by atoms with E-state index in [9.17, 15) is 9.90 Å². The molecule has 0 heterocycles. The van der Waals surface area contributed by atoms with Crippen molar-refractivity contribution in [2.24, 2.45) is 5.92 Å². The minimum atomic E-state index is -0.564. The van der Waals surface area contributed by atoms with E-state index in [0.717, 1.165) is 18.4 Å². The largest absolute Gasteiger partial charge is 0.388 e. The highest BCUT2D eigenvalue weighted by molar-refractivity contribution is 5.96. The van der Waals surface area contributed by atoms with Gasteiger partial charge in [0.15, 0.2) is 5.78 Å². The van der Waals surface area contributed by atoms with Crippen molar-refractivity contribution in [3.63, 3.8) is 0 Å². The van der Waals surface area contributed by atoms with E-state index in [1.807, 2.05) is 6.92 Å². The number of aliphatic hydroxyl groups is 1. The molecule has 2 nitrogen and oxygen atoms in total. The first-order valence-electron chi connectivity index (χ1n) is 4.74.